The molecule has 0 saturated carbocycles. The van der Waals surface area contributed by atoms with Gasteiger partial charge in [0.05, 0.1) is 29.7 Å². The van der Waals surface area contributed by atoms with Gasteiger partial charge in [-0.25, -0.2) is 4.79 Å². The topological polar surface area (TPSA) is 97.6 Å². The van der Waals surface area contributed by atoms with Crippen molar-refractivity contribution >= 4 is 45.1 Å². The molecule has 1 amide bonds. The number of rotatable bonds is 7. The number of nitrogens with zero attached hydrogens (tertiary/aromatic N) is 3. The first-order chi connectivity index (χ1) is 16.4. The number of nitrogens with one attached hydrogen (secondary N) is 1. The molecule has 1 N–H and O–H groups in total. The van der Waals surface area contributed by atoms with E-state index in [1.807, 2.05) is 24.3 Å². The summed E-state index contributed by atoms with van der Waals surface area (Å²) in [5, 5.41) is 7.27. The highest BCUT2D eigenvalue weighted by atomic mass is 79.9. The Bertz CT molecular complexity index is 1190. The summed E-state index contributed by atoms with van der Waals surface area (Å²) in [5.41, 5.74) is 1.60. The molecule has 1 aliphatic rings. The molecule has 1 saturated heterocycles. The molecular formula is C24H24BrClN4O4. The maximum atomic E-state index is 12.9. The van der Waals surface area contributed by atoms with Crippen molar-refractivity contribution < 1.29 is 18.8 Å². The third-order valence-electron chi connectivity index (χ3n) is 5.52. The Morgan fingerprint density at radius 3 is 2.94 bits per heavy atom. The first-order valence-electron chi connectivity index (χ1n) is 11.0. The number of anilines is 1. The third kappa shape index (κ3) is 6.02. The molecule has 0 aliphatic carbocycles. The van der Waals surface area contributed by atoms with Crippen LogP contribution in [-0.4, -0.2) is 46.6 Å². The number of ether oxygens (including phenoxy) is 1. The van der Waals surface area contributed by atoms with Gasteiger partial charge in [-0.05, 0) is 56.6 Å². The van der Waals surface area contributed by atoms with E-state index in [2.05, 4.69) is 36.3 Å². The van der Waals surface area contributed by atoms with Crippen molar-refractivity contribution in [3.63, 3.8) is 0 Å². The van der Waals surface area contributed by atoms with Crippen LogP contribution in [0.1, 0.15) is 36.0 Å². The second kappa shape index (κ2) is 11.1. The zero-order valence-electron chi connectivity index (χ0n) is 18.6. The van der Waals surface area contributed by atoms with Crippen LogP contribution >= 0.6 is 27.5 Å². The average Bonchev–Trinajstić information content (AvgIpc) is 3.29. The summed E-state index contributed by atoms with van der Waals surface area (Å²) in [6.07, 6.45) is 1.65. The van der Waals surface area contributed by atoms with Crippen molar-refractivity contribution in [2.24, 2.45) is 5.92 Å². The molecule has 34 heavy (non-hydrogen) atoms. The standard InChI is InChI=1S/C24H24BrClN4O4/c1-2-33-24(32)19-12-18(8-9-20(19)26)27-23(31)16-6-4-10-30(13-16)14-21-28-22(29-34-21)15-5-3-7-17(25)11-15/h3,5,7-9,11-12,16H,2,4,6,10,13-14H2,1H3,(H,27,31). The fourth-order valence-corrected chi connectivity index (χ4v) is 4.47. The third-order valence-corrected chi connectivity index (χ3v) is 6.34. The van der Waals surface area contributed by atoms with E-state index in [0.717, 1.165) is 29.4 Å². The van der Waals surface area contributed by atoms with Crippen LogP contribution < -0.4 is 5.32 Å². The number of halogens is 2. The predicted octanol–water partition coefficient (Wildman–Crippen LogP) is 5.18. The van der Waals surface area contributed by atoms with Gasteiger partial charge in [-0.2, -0.15) is 4.98 Å². The number of carbonyl (C=O) groups is 2. The molecule has 8 nitrogen and oxygen atoms in total. The Balaban J connectivity index is 1.37. The van der Waals surface area contributed by atoms with Gasteiger partial charge in [0.25, 0.3) is 0 Å². The number of carbonyl (C=O) groups excluding carboxylic acids is 2. The van der Waals surface area contributed by atoms with E-state index in [0.29, 0.717) is 30.5 Å². The van der Waals surface area contributed by atoms with Crippen molar-refractivity contribution in [3.05, 3.63) is 63.4 Å². The van der Waals surface area contributed by atoms with Crippen LogP contribution in [0.15, 0.2) is 51.5 Å². The lowest BCUT2D eigenvalue weighted by Crippen LogP contribution is -2.40. The zero-order chi connectivity index (χ0) is 24.1. The van der Waals surface area contributed by atoms with Crippen LogP contribution in [0.2, 0.25) is 5.02 Å². The van der Waals surface area contributed by atoms with Gasteiger partial charge in [-0.15, -0.1) is 0 Å². The van der Waals surface area contributed by atoms with Gasteiger partial charge in [0.15, 0.2) is 0 Å². The van der Waals surface area contributed by atoms with Crippen LogP contribution in [0.4, 0.5) is 5.69 Å². The second-order valence-corrected chi connectivity index (χ2v) is 9.32. The van der Waals surface area contributed by atoms with Gasteiger partial charge in [-0.1, -0.05) is 44.8 Å². The predicted molar refractivity (Wildman–Crippen MR) is 131 cm³/mol. The van der Waals surface area contributed by atoms with Gasteiger partial charge in [0.2, 0.25) is 17.6 Å². The maximum Gasteiger partial charge on any atom is 0.339 e. The molecule has 178 valence electrons. The fraction of sp³-hybridized carbons (Fsp3) is 0.333. The van der Waals surface area contributed by atoms with E-state index in [1.165, 1.54) is 0 Å². The van der Waals surface area contributed by atoms with Crippen LogP contribution in [0.5, 0.6) is 0 Å². The van der Waals surface area contributed by atoms with E-state index < -0.39 is 5.97 Å². The Morgan fingerprint density at radius 2 is 2.15 bits per heavy atom. The number of hydrogen-bond acceptors (Lipinski definition) is 7. The minimum absolute atomic E-state index is 0.109. The van der Waals surface area contributed by atoms with Gasteiger partial charge >= 0.3 is 5.97 Å². The molecule has 0 spiro atoms. The van der Waals surface area contributed by atoms with Crippen molar-refractivity contribution in [1.82, 2.24) is 15.0 Å². The minimum atomic E-state index is -0.519. The summed E-state index contributed by atoms with van der Waals surface area (Å²) in [5.74, 6) is 0.204. The second-order valence-electron chi connectivity index (χ2n) is 8.00. The molecule has 10 heteroatoms. The Kier molecular flexibility index (Phi) is 7.97. The van der Waals surface area contributed by atoms with Crippen LogP contribution in [0.3, 0.4) is 0 Å². The molecule has 1 unspecified atom stereocenters. The maximum absolute atomic E-state index is 12.9. The lowest BCUT2D eigenvalue weighted by Gasteiger charge is -2.30. The van der Waals surface area contributed by atoms with Crippen molar-refractivity contribution in [2.75, 3.05) is 25.0 Å². The SMILES string of the molecule is CCOC(=O)c1cc(NC(=O)C2CCCN(Cc3nc(-c4cccc(Br)c4)no3)C2)ccc1Cl. The number of benzene rings is 2. The normalized spacial score (nSPS) is 16.3. The minimum Gasteiger partial charge on any atom is -0.462 e. The van der Waals surface area contributed by atoms with Crippen molar-refractivity contribution in [3.8, 4) is 11.4 Å². The smallest absolute Gasteiger partial charge is 0.339 e. The van der Waals surface area contributed by atoms with Gasteiger partial charge in [-0.3, -0.25) is 9.69 Å². The number of aromatic nitrogens is 2. The molecule has 4 rings (SSSR count). The molecule has 1 fully saturated rings. The number of hydrogen-bond donors (Lipinski definition) is 1. The first-order valence-corrected chi connectivity index (χ1v) is 12.2. The monoisotopic (exact) mass is 546 g/mol. The number of likely N-dealkylation sites (tertiary alicyclic amines) is 1. The molecular weight excluding hydrogens is 524 g/mol. The van der Waals surface area contributed by atoms with Crippen molar-refractivity contribution in [2.45, 2.75) is 26.3 Å². The lowest BCUT2D eigenvalue weighted by molar-refractivity contribution is -0.121. The number of amides is 1. The summed E-state index contributed by atoms with van der Waals surface area (Å²) in [4.78, 5) is 31.7. The largest absolute Gasteiger partial charge is 0.462 e. The van der Waals surface area contributed by atoms with E-state index in [1.54, 1.807) is 25.1 Å². The Morgan fingerprint density at radius 1 is 1.29 bits per heavy atom. The van der Waals surface area contributed by atoms with Gasteiger partial charge in [0.1, 0.15) is 0 Å². The van der Waals surface area contributed by atoms with E-state index in [4.69, 9.17) is 20.9 Å². The molecule has 0 bridgehead atoms. The van der Waals surface area contributed by atoms with Gasteiger partial charge in [0, 0.05) is 22.3 Å². The fourth-order valence-electron chi connectivity index (χ4n) is 3.88. The summed E-state index contributed by atoms with van der Waals surface area (Å²) in [6, 6.07) is 12.5. The van der Waals surface area contributed by atoms with Crippen LogP contribution in [0.25, 0.3) is 11.4 Å². The van der Waals surface area contributed by atoms with E-state index in [-0.39, 0.29) is 29.0 Å². The first kappa shape index (κ1) is 24.4. The molecule has 0 radical (unpaired) electrons. The lowest BCUT2D eigenvalue weighted by atomic mass is 9.97. The quantitative estimate of drug-likeness (QED) is 0.407. The van der Waals surface area contributed by atoms with E-state index in [9.17, 15) is 9.59 Å². The number of piperidine rings is 1. The highest BCUT2D eigenvalue weighted by Crippen LogP contribution is 2.25. The number of esters is 1. The Labute approximate surface area is 210 Å². The zero-order valence-corrected chi connectivity index (χ0v) is 20.9. The molecule has 1 aliphatic heterocycles. The highest BCUT2D eigenvalue weighted by molar-refractivity contribution is 9.10. The van der Waals surface area contributed by atoms with Crippen LogP contribution in [0, 0.1) is 5.92 Å². The summed E-state index contributed by atoms with van der Waals surface area (Å²) < 4.78 is 11.4. The molecule has 2 heterocycles. The molecule has 1 atom stereocenters. The molecule has 3 aromatic rings. The molecule has 1 aromatic heterocycles. The van der Waals surface area contributed by atoms with Crippen molar-refractivity contribution in [1.29, 1.82) is 0 Å². The van der Waals surface area contributed by atoms with E-state index >= 15 is 0 Å². The Hall–Kier alpha value is -2.75. The van der Waals surface area contributed by atoms with Crippen LogP contribution in [-0.2, 0) is 16.1 Å². The summed E-state index contributed by atoms with van der Waals surface area (Å²) in [6.45, 7) is 3.85. The van der Waals surface area contributed by atoms with Gasteiger partial charge < -0.3 is 14.6 Å². The molecule has 2 aromatic carbocycles. The summed E-state index contributed by atoms with van der Waals surface area (Å²) in [7, 11) is 0. The average molecular weight is 548 g/mol. The summed E-state index contributed by atoms with van der Waals surface area (Å²) >= 11 is 9.56. The highest BCUT2D eigenvalue weighted by Gasteiger charge is 2.27.